The molecule has 0 radical (unpaired) electrons. The van der Waals surface area contributed by atoms with Crippen LogP contribution < -0.4 is 27.0 Å². The smallest absolute Gasteiger partial charge is 0.248 e. The maximum absolute atomic E-state index is 14.4. The van der Waals surface area contributed by atoms with Crippen molar-refractivity contribution in [2.24, 2.45) is 23.5 Å². The molecule has 3 saturated heterocycles. The molecule has 24 heteroatoms. The molecule has 1 aromatic carbocycles. The third-order valence-corrected chi connectivity index (χ3v) is 14.6. The highest BCUT2D eigenvalue weighted by Crippen LogP contribution is 2.30. The molecule has 11 unspecified atom stereocenters. The van der Waals surface area contributed by atoms with Gasteiger partial charge in [-0.05, 0) is 55.7 Å². The summed E-state index contributed by atoms with van der Waals surface area (Å²) in [4.78, 5) is 113. The van der Waals surface area contributed by atoms with Crippen molar-refractivity contribution in [2.75, 3.05) is 13.1 Å². The minimum Gasteiger partial charge on any atom is -0.508 e. The van der Waals surface area contributed by atoms with Crippen molar-refractivity contribution in [3.63, 3.8) is 0 Å². The maximum Gasteiger partial charge on any atom is 0.248 e. The fourth-order valence-electron chi connectivity index (χ4n) is 10.1. The standard InChI is InChI=1S/C51H81N7O17/c1-5-26(2)20-27(3)12-10-8-6-7-9-11-13-40(67)53-33-23-38(65)48(72)56-49(73)43-35(62)18-19-57(43)51(75)42(37(64)24-39(52)66)55-46(70)32(45(69)44(68)29-14-16-30(60)17-15-29)22-36(63)34-21-31(61)25-58(34)50(74)41(28(4)59)54-47(33)71/h14-17,26-28,31-35,37-38,41-45,48,59-62,64-65,68-69,72H,5-13,18-25H2,1-4H3,(H2,52,66)(H,53,67)(H,54,71)(H,55,70)(H,56,73)/t26?,27?,28-,31-,32?,33?,34?,35+,37?,38-,41?,42?,43?,44?,45?,48-/m1/s1. The second kappa shape index (κ2) is 29.3. The minimum atomic E-state index is -2.27. The van der Waals surface area contributed by atoms with Gasteiger partial charge in [-0.3, -0.25) is 38.4 Å². The van der Waals surface area contributed by atoms with Crippen LogP contribution in [0.15, 0.2) is 24.3 Å². The number of amides is 7. The van der Waals surface area contributed by atoms with Gasteiger partial charge in [0.05, 0.1) is 48.9 Å². The van der Waals surface area contributed by atoms with Crippen molar-refractivity contribution in [2.45, 2.75) is 203 Å². The van der Waals surface area contributed by atoms with E-state index in [9.17, 15) is 84.3 Å². The maximum atomic E-state index is 14.4. The SMILES string of the molecule is CCC(C)CC(C)CCCCCCCCC(=O)NC1C[C@@H](O)[C@@H](O)NC(=O)C2[C@@H](O)CCN2C(=O)C(C(O)CC(N)=O)NC(=O)C(C(O)C(O)c2ccc(O)cc2)CC(=O)C2C[C@@H](O)CN2C(=O)C([C@@H](C)O)NC1=O. The number of phenolic OH excluding ortho intramolecular Hbond substituents is 1. The lowest BCUT2D eigenvalue weighted by Gasteiger charge is -2.34. The number of aliphatic hydroxyl groups is 8. The summed E-state index contributed by atoms with van der Waals surface area (Å²) in [5.74, 6) is -10.2. The number of phenols is 1. The fraction of sp³-hybridized carbons (Fsp3) is 0.725. The van der Waals surface area contributed by atoms with E-state index in [-0.39, 0.29) is 24.2 Å². The summed E-state index contributed by atoms with van der Waals surface area (Å²) in [6.45, 7) is 6.84. The zero-order chi connectivity index (χ0) is 55.8. The molecule has 0 bridgehead atoms. The highest BCUT2D eigenvalue weighted by Gasteiger charge is 2.49. The Morgan fingerprint density at radius 3 is 2.00 bits per heavy atom. The quantitative estimate of drug-likeness (QED) is 0.0614. The first-order valence-corrected chi connectivity index (χ1v) is 26.2. The number of rotatable bonds is 20. The number of fused-ring (bicyclic) bond motifs is 2. The average Bonchev–Trinajstić information content (AvgIpc) is 3.95. The second-order valence-corrected chi connectivity index (χ2v) is 20.9. The van der Waals surface area contributed by atoms with Crippen molar-refractivity contribution in [1.29, 1.82) is 0 Å². The summed E-state index contributed by atoms with van der Waals surface area (Å²) >= 11 is 0. The van der Waals surface area contributed by atoms with Crippen molar-refractivity contribution in [1.82, 2.24) is 31.1 Å². The first-order valence-electron chi connectivity index (χ1n) is 26.2. The fourth-order valence-corrected chi connectivity index (χ4v) is 10.1. The van der Waals surface area contributed by atoms with Gasteiger partial charge in [0.15, 0.2) is 12.0 Å². The molecule has 3 fully saturated rings. The molecule has 0 aliphatic carbocycles. The molecule has 24 nitrogen and oxygen atoms in total. The Bertz CT molecular complexity index is 2100. The van der Waals surface area contributed by atoms with Crippen LogP contribution >= 0.6 is 0 Å². The van der Waals surface area contributed by atoms with Crippen LogP contribution in [-0.4, -0.2) is 189 Å². The number of unbranched alkanes of at least 4 members (excludes halogenated alkanes) is 5. The lowest BCUT2D eigenvalue weighted by Crippen LogP contribution is -2.61. The van der Waals surface area contributed by atoms with Gasteiger partial charge in [0.1, 0.15) is 42.1 Å². The van der Waals surface area contributed by atoms with Gasteiger partial charge < -0.3 is 82.8 Å². The summed E-state index contributed by atoms with van der Waals surface area (Å²) in [6.07, 6.45) is -10.8. The number of hydrogen-bond donors (Lipinski definition) is 14. The third kappa shape index (κ3) is 17.9. The number of nitrogens with two attached hydrogens (primary N) is 1. The molecule has 3 heterocycles. The number of nitrogens with zero attached hydrogens (tertiary/aromatic N) is 2. The summed E-state index contributed by atoms with van der Waals surface area (Å²) in [7, 11) is 0. The van der Waals surface area contributed by atoms with Crippen molar-refractivity contribution < 1.29 is 84.3 Å². The first-order chi connectivity index (χ1) is 35.3. The van der Waals surface area contributed by atoms with Gasteiger partial charge in [-0.15, -0.1) is 0 Å². The molecule has 3 aliphatic rings. The van der Waals surface area contributed by atoms with E-state index in [0.29, 0.717) is 29.6 Å². The molecule has 4 rings (SSSR count). The van der Waals surface area contributed by atoms with Crippen molar-refractivity contribution in [3.8, 4) is 5.75 Å². The van der Waals surface area contributed by atoms with Gasteiger partial charge in [-0.2, -0.15) is 0 Å². The number of benzene rings is 1. The largest absolute Gasteiger partial charge is 0.508 e. The number of aromatic hydroxyl groups is 1. The van der Waals surface area contributed by atoms with Crippen molar-refractivity contribution >= 4 is 47.1 Å². The number of carbonyl (C=O) groups excluding carboxylic acids is 8. The first kappa shape index (κ1) is 62.2. The Morgan fingerprint density at radius 2 is 1.37 bits per heavy atom. The molecular formula is C51H81N7O17. The van der Waals surface area contributed by atoms with Crippen LogP contribution in [0.25, 0.3) is 0 Å². The van der Waals surface area contributed by atoms with E-state index in [1.54, 1.807) is 0 Å². The summed E-state index contributed by atoms with van der Waals surface area (Å²) in [5.41, 5.74) is 5.26. The predicted octanol–water partition coefficient (Wildman–Crippen LogP) is -2.25. The summed E-state index contributed by atoms with van der Waals surface area (Å²) in [5, 5.41) is 108. The topological polar surface area (TPSA) is 399 Å². The Balaban J connectivity index is 1.69. The molecule has 0 spiro atoms. The van der Waals surface area contributed by atoms with Crippen LogP contribution in [0.5, 0.6) is 5.75 Å². The van der Waals surface area contributed by atoms with E-state index in [2.05, 4.69) is 42.0 Å². The van der Waals surface area contributed by atoms with Crippen LogP contribution in [0, 0.1) is 17.8 Å². The molecule has 0 saturated carbocycles. The van der Waals surface area contributed by atoms with Crippen LogP contribution in [-0.2, 0) is 38.4 Å². The lowest BCUT2D eigenvalue weighted by atomic mass is 9.86. The monoisotopic (exact) mass is 1060 g/mol. The van der Waals surface area contributed by atoms with Gasteiger partial charge in [-0.1, -0.05) is 77.8 Å². The summed E-state index contributed by atoms with van der Waals surface area (Å²) in [6, 6.07) is -4.73. The van der Waals surface area contributed by atoms with Gasteiger partial charge >= 0.3 is 0 Å². The molecular weight excluding hydrogens is 983 g/mol. The minimum absolute atomic E-state index is 0.0725. The molecule has 7 amide bonds. The Hall–Kier alpha value is -5.34. The number of aliphatic hydroxyl groups excluding tert-OH is 8. The lowest BCUT2D eigenvalue weighted by molar-refractivity contribution is -0.150. The van der Waals surface area contributed by atoms with Crippen molar-refractivity contribution in [3.05, 3.63) is 29.8 Å². The predicted molar refractivity (Wildman–Crippen MR) is 267 cm³/mol. The molecule has 3 aliphatic heterocycles. The van der Waals surface area contributed by atoms with Crippen LogP contribution in [0.4, 0.5) is 0 Å². The van der Waals surface area contributed by atoms with Gasteiger partial charge in [0.25, 0.3) is 0 Å². The van der Waals surface area contributed by atoms with E-state index in [1.807, 2.05) is 0 Å². The van der Waals surface area contributed by atoms with Crippen LogP contribution in [0.2, 0.25) is 0 Å². The van der Waals surface area contributed by atoms with E-state index in [4.69, 9.17) is 5.73 Å². The Morgan fingerprint density at radius 1 is 0.760 bits per heavy atom. The second-order valence-electron chi connectivity index (χ2n) is 20.9. The number of primary amides is 1. The molecule has 15 N–H and O–H groups in total. The number of Topliss-reactive ketones (excluding diaryl/α,β-unsaturated/α-hetero) is 1. The van der Waals surface area contributed by atoms with E-state index < -0.39 is 171 Å². The van der Waals surface area contributed by atoms with Crippen LogP contribution in [0.3, 0.4) is 0 Å². The number of ketones is 1. The van der Waals surface area contributed by atoms with Gasteiger partial charge in [-0.25, -0.2) is 0 Å². The van der Waals surface area contributed by atoms with E-state index >= 15 is 0 Å². The number of carbonyl (C=O) groups is 8. The normalized spacial score (nSPS) is 29.1. The zero-order valence-corrected chi connectivity index (χ0v) is 43.3. The number of hydrogen-bond acceptors (Lipinski definition) is 17. The Labute approximate surface area is 436 Å². The van der Waals surface area contributed by atoms with Crippen LogP contribution in [0.1, 0.15) is 136 Å². The van der Waals surface area contributed by atoms with Gasteiger partial charge in [0.2, 0.25) is 41.4 Å². The Kier molecular flexibility index (Phi) is 24.3. The highest BCUT2D eigenvalue weighted by atomic mass is 16.3. The van der Waals surface area contributed by atoms with E-state index in [1.165, 1.54) is 18.6 Å². The molecule has 422 valence electrons. The molecule has 1 aromatic rings. The van der Waals surface area contributed by atoms with Gasteiger partial charge in [0, 0.05) is 38.8 Å². The molecule has 0 aromatic heterocycles. The highest BCUT2D eigenvalue weighted by molar-refractivity contribution is 5.98. The summed E-state index contributed by atoms with van der Waals surface area (Å²) < 4.78 is 0. The molecule has 75 heavy (non-hydrogen) atoms. The number of nitrogens with one attached hydrogen (secondary N) is 4. The third-order valence-electron chi connectivity index (χ3n) is 14.6. The van der Waals surface area contributed by atoms with E-state index in [0.717, 1.165) is 62.5 Å². The molecule has 16 atom stereocenters. The average molecular weight is 1060 g/mol. The zero-order valence-electron chi connectivity index (χ0n) is 43.3.